The van der Waals surface area contributed by atoms with Gasteiger partial charge < -0.3 is 10.1 Å². The normalized spacial score (nSPS) is 10.4. The van der Waals surface area contributed by atoms with Crippen LogP contribution in [0.2, 0.25) is 0 Å². The van der Waals surface area contributed by atoms with Crippen molar-refractivity contribution >= 4 is 37.8 Å². The van der Waals surface area contributed by atoms with Gasteiger partial charge in [-0.15, -0.1) is 0 Å². The fourth-order valence-electron chi connectivity index (χ4n) is 1.41. The van der Waals surface area contributed by atoms with Crippen molar-refractivity contribution in [3.05, 3.63) is 39.2 Å². The summed E-state index contributed by atoms with van der Waals surface area (Å²) in [5.74, 6) is 0.104. The smallest absolute Gasteiger partial charge is 0.260 e. The number of rotatable bonds is 5. The lowest BCUT2D eigenvalue weighted by Gasteiger charge is -2.09. The van der Waals surface area contributed by atoms with Gasteiger partial charge in [0.05, 0.1) is 10.7 Å². The number of nitrogens with zero attached hydrogens (tertiary/aromatic N) is 2. The standard InChI is InChI=1S/C13H12Br2FN3O/c1-2-5-17-13-18-7-10(16)12(19-13)20-11-4-3-8(14)6-9(11)15/h3-4,6-7H,2,5H2,1H3,(H,17,18,19). The molecule has 0 atom stereocenters. The summed E-state index contributed by atoms with van der Waals surface area (Å²) in [5.41, 5.74) is 0. The molecule has 1 aromatic heterocycles. The number of hydrogen-bond acceptors (Lipinski definition) is 4. The van der Waals surface area contributed by atoms with Gasteiger partial charge in [-0.1, -0.05) is 22.9 Å². The predicted molar refractivity (Wildman–Crippen MR) is 82.7 cm³/mol. The molecular formula is C13H12Br2FN3O. The molecule has 0 radical (unpaired) electrons. The number of halogens is 3. The van der Waals surface area contributed by atoms with E-state index >= 15 is 0 Å². The maximum atomic E-state index is 13.7. The van der Waals surface area contributed by atoms with E-state index in [4.69, 9.17) is 4.74 Å². The zero-order chi connectivity index (χ0) is 14.5. The SMILES string of the molecule is CCCNc1ncc(F)c(Oc2ccc(Br)cc2Br)n1. The van der Waals surface area contributed by atoms with E-state index in [0.29, 0.717) is 22.7 Å². The van der Waals surface area contributed by atoms with Gasteiger partial charge in [-0.05, 0) is 40.5 Å². The van der Waals surface area contributed by atoms with E-state index in [1.54, 1.807) is 12.1 Å². The average molecular weight is 405 g/mol. The van der Waals surface area contributed by atoms with E-state index in [2.05, 4.69) is 47.1 Å². The third kappa shape index (κ3) is 3.89. The summed E-state index contributed by atoms with van der Waals surface area (Å²) in [6.07, 6.45) is 2.02. The molecule has 0 unspecified atom stereocenters. The minimum atomic E-state index is -0.609. The van der Waals surface area contributed by atoms with Crippen LogP contribution < -0.4 is 10.1 Å². The summed E-state index contributed by atoms with van der Waals surface area (Å²) in [7, 11) is 0. The van der Waals surface area contributed by atoms with Crippen LogP contribution in [-0.4, -0.2) is 16.5 Å². The molecule has 0 spiro atoms. The van der Waals surface area contributed by atoms with Crippen molar-refractivity contribution in [2.75, 3.05) is 11.9 Å². The first-order valence-electron chi connectivity index (χ1n) is 5.99. The Hall–Kier alpha value is -1.21. The molecule has 0 aliphatic rings. The Balaban J connectivity index is 2.23. The Morgan fingerprint density at radius 1 is 1.35 bits per heavy atom. The van der Waals surface area contributed by atoms with E-state index < -0.39 is 5.82 Å². The monoisotopic (exact) mass is 403 g/mol. The fraction of sp³-hybridized carbons (Fsp3) is 0.231. The molecule has 2 aromatic rings. The van der Waals surface area contributed by atoms with Crippen molar-refractivity contribution in [3.8, 4) is 11.6 Å². The van der Waals surface area contributed by atoms with Crippen molar-refractivity contribution in [2.24, 2.45) is 0 Å². The van der Waals surface area contributed by atoms with Crippen LogP contribution in [0, 0.1) is 5.82 Å². The van der Waals surface area contributed by atoms with Crippen LogP contribution in [0.15, 0.2) is 33.3 Å². The van der Waals surface area contributed by atoms with Crippen LogP contribution in [0.3, 0.4) is 0 Å². The van der Waals surface area contributed by atoms with Crippen LogP contribution in [0.4, 0.5) is 10.3 Å². The summed E-state index contributed by atoms with van der Waals surface area (Å²) in [4.78, 5) is 7.87. The summed E-state index contributed by atoms with van der Waals surface area (Å²) in [6, 6.07) is 5.33. The maximum absolute atomic E-state index is 13.7. The van der Waals surface area contributed by atoms with Crippen LogP contribution in [0.25, 0.3) is 0 Å². The van der Waals surface area contributed by atoms with E-state index in [1.165, 1.54) is 0 Å². The van der Waals surface area contributed by atoms with Gasteiger partial charge in [0, 0.05) is 11.0 Å². The molecular weight excluding hydrogens is 393 g/mol. The quantitative estimate of drug-likeness (QED) is 0.780. The Morgan fingerprint density at radius 3 is 2.85 bits per heavy atom. The number of anilines is 1. The molecule has 0 fully saturated rings. The number of aromatic nitrogens is 2. The van der Waals surface area contributed by atoms with Crippen molar-refractivity contribution in [3.63, 3.8) is 0 Å². The molecule has 4 nitrogen and oxygen atoms in total. The highest BCUT2D eigenvalue weighted by Crippen LogP contribution is 2.32. The number of nitrogens with one attached hydrogen (secondary N) is 1. The highest BCUT2D eigenvalue weighted by Gasteiger charge is 2.11. The van der Waals surface area contributed by atoms with Gasteiger partial charge in [0.1, 0.15) is 5.75 Å². The van der Waals surface area contributed by atoms with E-state index in [1.807, 2.05) is 13.0 Å². The molecule has 1 heterocycles. The maximum Gasteiger partial charge on any atom is 0.260 e. The van der Waals surface area contributed by atoms with E-state index in [-0.39, 0.29) is 5.88 Å². The minimum absolute atomic E-state index is 0.110. The zero-order valence-electron chi connectivity index (χ0n) is 10.7. The van der Waals surface area contributed by atoms with Crippen molar-refractivity contribution in [1.29, 1.82) is 0 Å². The fourth-order valence-corrected chi connectivity index (χ4v) is 2.54. The molecule has 2 rings (SSSR count). The summed E-state index contributed by atoms with van der Waals surface area (Å²) < 4.78 is 20.8. The van der Waals surface area contributed by atoms with Crippen molar-refractivity contribution < 1.29 is 9.13 Å². The topological polar surface area (TPSA) is 47.0 Å². The predicted octanol–water partition coefficient (Wildman–Crippen LogP) is 4.75. The average Bonchev–Trinajstić information content (AvgIpc) is 2.42. The lowest BCUT2D eigenvalue weighted by molar-refractivity contribution is 0.418. The van der Waals surface area contributed by atoms with Gasteiger partial charge in [0.25, 0.3) is 5.88 Å². The third-order valence-electron chi connectivity index (χ3n) is 2.35. The lowest BCUT2D eigenvalue weighted by atomic mass is 10.3. The van der Waals surface area contributed by atoms with Gasteiger partial charge in [-0.25, -0.2) is 4.98 Å². The van der Waals surface area contributed by atoms with Crippen LogP contribution in [0.1, 0.15) is 13.3 Å². The molecule has 0 saturated heterocycles. The Morgan fingerprint density at radius 2 is 2.15 bits per heavy atom. The second kappa shape index (κ2) is 6.99. The molecule has 0 aliphatic carbocycles. The lowest BCUT2D eigenvalue weighted by Crippen LogP contribution is -2.05. The second-order valence-electron chi connectivity index (χ2n) is 3.95. The highest BCUT2D eigenvalue weighted by atomic mass is 79.9. The van der Waals surface area contributed by atoms with Gasteiger partial charge in [0.15, 0.2) is 0 Å². The molecule has 0 aliphatic heterocycles. The van der Waals surface area contributed by atoms with Gasteiger partial charge in [-0.2, -0.15) is 9.37 Å². The van der Waals surface area contributed by atoms with E-state index in [0.717, 1.165) is 17.1 Å². The molecule has 0 amide bonds. The van der Waals surface area contributed by atoms with Gasteiger partial charge >= 0.3 is 0 Å². The highest BCUT2D eigenvalue weighted by molar-refractivity contribution is 9.11. The van der Waals surface area contributed by atoms with Crippen molar-refractivity contribution in [1.82, 2.24) is 9.97 Å². The first-order chi connectivity index (χ1) is 9.60. The molecule has 0 bridgehead atoms. The third-order valence-corrected chi connectivity index (χ3v) is 3.46. The molecule has 7 heteroatoms. The first-order valence-corrected chi connectivity index (χ1v) is 7.58. The summed E-state index contributed by atoms with van der Waals surface area (Å²) >= 11 is 6.69. The molecule has 1 N–H and O–H groups in total. The minimum Gasteiger partial charge on any atom is -0.435 e. The Labute approximate surface area is 133 Å². The first kappa shape index (κ1) is 15.2. The van der Waals surface area contributed by atoms with Gasteiger partial charge in [0.2, 0.25) is 11.8 Å². The zero-order valence-corrected chi connectivity index (χ0v) is 13.8. The van der Waals surface area contributed by atoms with Crippen molar-refractivity contribution in [2.45, 2.75) is 13.3 Å². The number of hydrogen-bond donors (Lipinski definition) is 1. The van der Waals surface area contributed by atoms with E-state index in [9.17, 15) is 4.39 Å². The van der Waals surface area contributed by atoms with Crippen LogP contribution in [-0.2, 0) is 0 Å². The Kier molecular flexibility index (Phi) is 5.31. The number of ether oxygens (including phenoxy) is 1. The van der Waals surface area contributed by atoms with Crippen LogP contribution >= 0.6 is 31.9 Å². The Bertz CT molecular complexity index is 610. The second-order valence-corrected chi connectivity index (χ2v) is 5.72. The molecule has 106 valence electrons. The summed E-state index contributed by atoms with van der Waals surface area (Å²) in [5, 5.41) is 2.98. The summed E-state index contributed by atoms with van der Waals surface area (Å²) in [6.45, 7) is 2.74. The number of benzene rings is 1. The molecule has 20 heavy (non-hydrogen) atoms. The largest absolute Gasteiger partial charge is 0.435 e. The van der Waals surface area contributed by atoms with Gasteiger partial charge in [-0.3, -0.25) is 0 Å². The molecule has 1 aromatic carbocycles. The molecule has 0 saturated carbocycles. The van der Waals surface area contributed by atoms with Crippen LogP contribution in [0.5, 0.6) is 11.6 Å².